The van der Waals surface area contributed by atoms with Gasteiger partial charge in [-0.3, -0.25) is 0 Å². The first-order valence-corrected chi connectivity index (χ1v) is 14.8. The SMILES string of the molecule is CC(C)[Si](O[C@@H]1C(C)(C)C[C@]23[C@@H]4[C@@H]5C[C@H]2[C@@H]([C@@H](O)[C@H](O)[C@@H]54)[C@@H](O)[C@]13O)(C(C)C)C(C)C. The first-order valence-electron chi connectivity index (χ1n) is 12.7. The molecule has 0 unspecified atom stereocenters. The maximum absolute atomic E-state index is 12.6. The van der Waals surface area contributed by atoms with Crippen LogP contribution in [0.5, 0.6) is 0 Å². The average molecular weight is 453 g/mol. The highest BCUT2D eigenvalue weighted by atomic mass is 28.4. The van der Waals surface area contributed by atoms with Crippen molar-refractivity contribution in [1.82, 2.24) is 0 Å². The molecule has 178 valence electrons. The van der Waals surface area contributed by atoms with Crippen LogP contribution in [-0.4, -0.2) is 58.8 Å². The summed E-state index contributed by atoms with van der Waals surface area (Å²) in [4.78, 5) is 0. The van der Waals surface area contributed by atoms with Gasteiger partial charge in [0.25, 0.3) is 0 Å². The van der Waals surface area contributed by atoms with Crippen molar-refractivity contribution >= 4 is 8.32 Å². The Morgan fingerprint density at radius 3 is 1.90 bits per heavy atom. The number of rotatable bonds is 5. The lowest BCUT2D eigenvalue weighted by Gasteiger charge is -2.51. The van der Waals surface area contributed by atoms with Crippen molar-refractivity contribution in [3.63, 3.8) is 0 Å². The summed E-state index contributed by atoms with van der Waals surface area (Å²) < 4.78 is 7.31. The summed E-state index contributed by atoms with van der Waals surface area (Å²) in [6, 6.07) is 0. The molecule has 6 fully saturated rings. The topological polar surface area (TPSA) is 90.2 Å². The van der Waals surface area contributed by atoms with Crippen molar-refractivity contribution in [2.45, 2.75) is 115 Å². The molecular formula is C25H44O5Si. The first kappa shape index (κ1) is 22.8. The quantitative estimate of drug-likeness (QED) is 0.481. The average Bonchev–Trinajstić information content (AvgIpc) is 3.21. The maximum Gasteiger partial charge on any atom is 0.200 e. The van der Waals surface area contributed by atoms with Crippen molar-refractivity contribution in [2.24, 2.45) is 40.4 Å². The third kappa shape index (κ3) is 2.26. The van der Waals surface area contributed by atoms with Crippen LogP contribution >= 0.6 is 0 Å². The molecule has 0 aromatic carbocycles. The smallest absolute Gasteiger partial charge is 0.200 e. The van der Waals surface area contributed by atoms with Crippen molar-refractivity contribution in [2.75, 3.05) is 0 Å². The second kappa shape index (κ2) is 6.36. The van der Waals surface area contributed by atoms with Gasteiger partial charge in [-0.05, 0) is 58.6 Å². The van der Waals surface area contributed by atoms with Crippen molar-refractivity contribution in [1.29, 1.82) is 0 Å². The number of hydrogen-bond acceptors (Lipinski definition) is 5. The lowest BCUT2D eigenvalue weighted by atomic mass is 9.67. The van der Waals surface area contributed by atoms with E-state index >= 15 is 0 Å². The third-order valence-electron chi connectivity index (χ3n) is 11.1. The largest absolute Gasteiger partial charge is 0.410 e. The van der Waals surface area contributed by atoms with Gasteiger partial charge in [-0.25, -0.2) is 0 Å². The molecule has 1 spiro atoms. The lowest BCUT2D eigenvalue weighted by Crippen LogP contribution is -2.64. The molecular weight excluding hydrogens is 408 g/mol. The molecule has 0 heterocycles. The second-order valence-corrected chi connectivity index (χ2v) is 18.9. The van der Waals surface area contributed by atoms with Crippen LogP contribution < -0.4 is 0 Å². The Bertz CT molecular complexity index is 745. The fourth-order valence-corrected chi connectivity index (χ4v) is 16.2. The molecule has 6 rings (SSSR count). The van der Waals surface area contributed by atoms with Gasteiger partial charge < -0.3 is 24.9 Å². The summed E-state index contributed by atoms with van der Waals surface area (Å²) in [5, 5.41) is 46.2. The standard InChI is InChI=1S/C25H44O5Si/c1-11(2)31(12(3)4,13(5)6)30-22-23(7,8)10-24-15-9-14-16(18(14)24)19(26)20(27)17(15)21(28)25(22,24)29/h11-22,26-29H,9-10H2,1-8H3/t14-,15+,16+,17+,18-,19-,20-,21-,22-,24-,25+/m1/s1. The second-order valence-electron chi connectivity index (χ2n) is 13.5. The Balaban J connectivity index is 1.65. The fourth-order valence-electron chi connectivity index (χ4n) is 10.5. The van der Waals surface area contributed by atoms with E-state index in [1.165, 1.54) is 0 Å². The van der Waals surface area contributed by atoms with E-state index in [4.69, 9.17) is 4.43 Å². The summed E-state index contributed by atoms with van der Waals surface area (Å²) in [6.45, 7) is 18.0. The number of fused-ring (bicyclic) bond motifs is 1. The van der Waals surface area contributed by atoms with Crippen LogP contribution in [0.15, 0.2) is 0 Å². The molecule has 6 aliphatic carbocycles. The lowest BCUT2D eigenvalue weighted by molar-refractivity contribution is -0.189. The predicted molar refractivity (Wildman–Crippen MR) is 122 cm³/mol. The van der Waals surface area contributed by atoms with Crippen LogP contribution in [0.3, 0.4) is 0 Å². The van der Waals surface area contributed by atoms with Crippen LogP contribution in [0.25, 0.3) is 0 Å². The molecule has 6 aliphatic rings. The van der Waals surface area contributed by atoms with E-state index in [1.54, 1.807) is 0 Å². The van der Waals surface area contributed by atoms with Crippen LogP contribution in [0.1, 0.15) is 68.2 Å². The van der Waals surface area contributed by atoms with Gasteiger partial charge >= 0.3 is 0 Å². The molecule has 6 heteroatoms. The van der Waals surface area contributed by atoms with Crippen molar-refractivity contribution in [3.8, 4) is 0 Å². The highest BCUT2D eigenvalue weighted by Crippen LogP contribution is 2.85. The van der Waals surface area contributed by atoms with Crippen LogP contribution in [0, 0.1) is 40.4 Å². The van der Waals surface area contributed by atoms with E-state index in [0.717, 1.165) is 12.8 Å². The molecule has 0 aliphatic heterocycles. The van der Waals surface area contributed by atoms with E-state index in [1.807, 2.05) is 0 Å². The van der Waals surface area contributed by atoms with Gasteiger partial charge in [0.1, 0.15) is 5.60 Å². The molecule has 0 aromatic heterocycles. The van der Waals surface area contributed by atoms with E-state index in [2.05, 4.69) is 55.4 Å². The molecule has 11 atom stereocenters. The fraction of sp³-hybridized carbons (Fsp3) is 1.00. The summed E-state index contributed by atoms with van der Waals surface area (Å²) in [5.41, 5.74) is -0.933. The molecule has 4 N–H and O–H groups in total. The third-order valence-corrected chi connectivity index (χ3v) is 17.1. The van der Waals surface area contributed by atoms with Gasteiger partial charge in [0, 0.05) is 11.3 Å². The zero-order valence-corrected chi connectivity index (χ0v) is 21.5. The molecule has 0 saturated heterocycles. The molecule has 31 heavy (non-hydrogen) atoms. The number of hydrogen-bond donors (Lipinski definition) is 4. The van der Waals surface area contributed by atoms with Gasteiger partial charge in [0.15, 0.2) is 0 Å². The first-order chi connectivity index (χ1) is 14.2. The Morgan fingerprint density at radius 1 is 0.871 bits per heavy atom. The Hall–Kier alpha value is 0.0169. The Kier molecular flexibility index (Phi) is 4.68. The maximum atomic E-state index is 12.6. The monoisotopic (exact) mass is 452 g/mol. The zero-order valence-electron chi connectivity index (χ0n) is 20.5. The molecule has 6 bridgehead atoms. The van der Waals surface area contributed by atoms with Gasteiger partial charge in [-0.15, -0.1) is 0 Å². The summed E-state index contributed by atoms with van der Waals surface area (Å²) >= 11 is 0. The molecule has 6 saturated carbocycles. The molecule has 5 nitrogen and oxygen atoms in total. The van der Waals surface area contributed by atoms with E-state index in [-0.39, 0.29) is 23.2 Å². The van der Waals surface area contributed by atoms with Crippen molar-refractivity contribution < 1.29 is 24.9 Å². The van der Waals surface area contributed by atoms with Gasteiger partial charge in [-0.2, -0.15) is 0 Å². The van der Waals surface area contributed by atoms with E-state index in [9.17, 15) is 20.4 Å². The highest BCUT2D eigenvalue weighted by Gasteiger charge is 2.90. The highest BCUT2D eigenvalue weighted by molar-refractivity contribution is 6.77. The van der Waals surface area contributed by atoms with Gasteiger partial charge in [-0.1, -0.05) is 55.4 Å². The summed E-state index contributed by atoms with van der Waals surface area (Å²) in [5.74, 6) is 0.223. The minimum atomic E-state index is -2.31. The Morgan fingerprint density at radius 2 is 1.39 bits per heavy atom. The van der Waals surface area contributed by atoms with E-state index < -0.39 is 49.7 Å². The molecule has 0 amide bonds. The van der Waals surface area contributed by atoms with E-state index in [0.29, 0.717) is 22.5 Å². The zero-order chi connectivity index (χ0) is 23.0. The summed E-state index contributed by atoms with van der Waals surface area (Å²) in [6.07, 6.45) is -1.53. The summed E-state index contributed by atoms with van der Waals surface area (Å²) in [7, 11) is -2.31. The van der Waals surface area contributed by atoms with Crippen LogP contribution in [-0.2, 0) is 4.43 Å². The van der Waals surface area contributed by atoms with Crippen LogP contribution in [0.2, 0.25) is 16.6 Å². The van der Waals surface area contributed by atoms with Gasteiger partial charge in [0.05, 0.1) is 24.4 Å². The van der Waals surface area contributed by atoms with Crippen molar-refractivity contribution in [3.05, 3.63) is 0 Å². The minimum Gasteiger partial charge on any atom is -0.410 e. The molecule has 0 aromatic rings. The normalized spacial score (nSPS) is 54.1. The van der Waals surface area contributed by atoms with Gasteiger partial charge in [0.2, 0.25) is 8.32 Å². The number of aliphatic hydroxyl groups is 4. The van der Waals surface area contributed by atoms with Crippen LogP contribution in [0.4, 0.5) is 0 Å². The predicted octanol–water partition coefficient (Wildman–Crippen LogP) is 3.30. The number of aliphatic hydroxyl groups excluding tert-OH is 3. The Labute approximate surface area is 188 Å². The minimum absolute atomic E-state index is 0.0620. The molecule has 0 radical (unpaired) electrons.